The van der Waals surface area contributed by atoms with Crippen LogP contribution < -0.4 is 10.6 Å². The molecule has 28 heavy (non-hydrogen) atoms. The van der Waals surface area contributed by atoms with Gasteiger partial charge in [0.1, 0.15) is 0 Å². The van der Waals surface area contributed by atoms with Gasteiger partial charge >= 0.3 is 0 Å². The molecule has 0 spiro atoms. The average molecular weight is 409 g/mol. The maximum Gasteiger partial charge on any atom is 0.191 e. The van der Waals surface area contributed by atoms with E-state index in [0.717, 1.165) is 38.1 Å². The van der Waals surface area contributed by atoms with Gasteiger partial charge in [0, 0.05) is 30.6 Å². The highest BCUT2D eigenvalue weighted by Gasteiger charge is 2.31. The van der Waals surface area contributed by atoms with E-state index < -0.39 is 6.10 Å². The number of ether oxygens (including phenoxy) is 1. The van der Waals surface area contributed by atoms with Crippen molar-refractivity contribution in [2.45, 2.75) is 44.8 Å². The molecule has 0 amide bonds. The summed E-state index contributed by atoms with van der Waals surface area (Å²) < 4.78 is 5.57. The lowest BCUT2D eigenvalue weighted by molar-refractivity contribution is 0.0368. The van der Waals surface area contributed by atoms with E-state index in [0.29, 0.717) is 25.1 Å². The predicted molar refractivity (Wildman–Crippen MR) is 116 cm³/mol. The van der Waals surface area contributed by atoms with E-state index in [1.807, 2.05) is 11.3 Å². The van der Waals surface area contributed by atoms with Gasteiger partial charge in [0.05, 0.1) is 19.3 Å². The zero-order valence-corrected chi connectivity index (χ0v) is 18.1. The Morgan fingerprint density at radius 3 is 2.96 bits per heavy atom. The van der Waals surface area contributed by atoms with Crippen molar-refractivity contribution in [3.05, 3.63) is 22.4 Å². The second-order valence-electron chi connectivity index (χ2n) is 8.08. The van der Waals surface area contributed by atoms with Crippen LogP contribution in [0.1, 0.15) is 43.5 Å². The predicted octanol–water partition coefficient (Wildman–Crippen LogP) is 2.47. The molecule has 0 aromatic carbocycles. The lowest BCUT2D eigenvalue weighted by Gasteiger charge is -2.39. The minimum absolute atomic E-state index is 0.360. The van der Waals surface area contributed by atoms with Crippen LogP contribution in [-0.4, -0.2) is 68.5 Å². The van der Waals surface area contributed by atoms with Crippen LogP contribution in [0, 0.1) is 11.8 Å². The molecule has 7 heteroatoms. The first-order chi connectivity index (χ1) is 13.7. The Bertz CT molecular complexity index is 591. The van der Waals surface area contributed by atoms with Crippen molar-refractivity contribution in [2.75, 3.05) is 46.4 Å². The highest BCUT2D eigenvalue weighted by atomic mass is 32.1. The molecule has 2 fully saturated rings. The van der Waals surface area contributed by atoms with Crippen molar-refractivity contribution in [2.24, 2.45) is 16.8 Å². The van der Waals surface area contributed by atoms with Gasteiger partial charge in [-0.15, -0.1) is 11.3 Å². The number of hydrogen-bond donors (Lipinski definition) is 3. The topological polar surface area (TPSA) is 69.1 Å². The lowest BCUT2D eigenvalue weighted by atomic mass is 9.88. The van der Waals surface area contributed by atoms with Crippen molar-refractivity contribution >= 4 is 17.3 Å². The number of aliphatic imine (C=N–C) groups is 1. The summed E-state index contributed by atoms with van der Waals surface area (Å²) in [6.45, 7) is 6.41. The van der Waals surface area contributed by atoms with E-state index in [-0.39, 0.29) is 0 Å². The molecule has 1 saturated carbocycles. The fourth-order valence-electron chi connectivity index (χ4n) is 3.86. The third-order valence-electron chi connectivity index (χ3n) is 5.54. The van der Waals surface area contributed by atoms with Gasteiger partial charge in [-0.05, 0) is 69.5 Å². The average Bonchev–Trinajstić information content (AvgIpc) is 3.35. The molecule has 3 atom stereocenters. The number of thiophene rings is 1. The normalized spacial score (nSPS) is 24.9. The molecule has 0 radical (unpaired) electrons. The number of aliphatic hydroxyl groups is 1. The summed E-state index contributed by atoms with van der Waals surface area (Å²) in [5, 5.41) is 19.1. The molecule has 6 nitrogen and oxygen atoms in total. The zero-order valence-electron chi connectivity index (χ0n) is 17.3. The van der Waals surface area contributed by atoms with Crippen molar-refractivity contribution < 1.29 is 9.84 Å². The van der Waals surface area contributed by atoms with Gasteiger partial charge in [-0.25, -0.2) is 0 Å². The maximum absolute atomic E-state index is 10.1. The first-order valence-electron chi connectivity index (χ1n) is 10.7. The Labute approximate surface area is 173 Å². The molecule has 0 bridgehead atoms. The van der Waals surface area contributed by atoms with Crippen molar-refractivity contribution in [3.8, 4) is 0 Å². The summed E-state index contributed by atoms with van der Waals surface area (Å²) in [6, 6.07) is 4.86. The monoisotopic (exact) mass is 408 g/mol. The standard InChI is InChI=1S/C21H36N4O2S/c1-3-22-21(24-13-18(26)15-27-14-16-8-9-16)23-12-17-6-4-10-25(2)20(17)19-7-5-11-28-19/h5,7,11,16-18,20,26H,3-4,6,8-10,12-15H2,1-2H3,(H2,22,23,24). The van der Waals surface area contributed by atoms with Crippen LogP contribution in [-0.2, 0) is 4.74 Å². The lowest BCUT2D eigenvalue weighted by Crippen LogP contribution is -2.45. The number of nitrogens with one attached hydrogen (secondary N) is 2. The molecule has 158 valence electrons. The summed E-state index contributed by atoms with van der Waals surface area (Å²) in [5.41, 5.74) is 0. The molecule has 1 aromatic rings. The molecule has 1 aliphatic carbocycles. The fourth-order valence-corrected chi connectivity index (χ4v) is 4.84. The Balaban J connectivity index is 1.49. The molecule has 1 saturated heterocycles. The number of nitrogens with zero attached hydrogens (tertiary/aromatic N) is 2. The highest BCUT2D eigenvalue weighted by Crippen LogP contribution is 2.36. The second-order valence-corrected chi connectivity index (χ2v) is 9.06. The molecular weight excluding hydrogens is 372 g/mol. The molecule has 3 rings (SSSR count). The van der Waals surface area contributed by atoms with E-state index in [2.05, 4.69) is 52.0 Å². The first kappa shape index (κ1) is 21.6. The Morgan fingerprint density at radius 1 is 1.39 bits per heavy atom. The van der Waals surface area contributed by atoms with Crippen LogP contribution >= 0.6 is 11.3 Å². The Hall–Kier alpha value is -1.15. The fraction of sp³-hybridized carbons (Fsp3) is 0.762. The summed E-state index contributed by atoms with van der Waals surface area (Å²) in [6.07, 6.45) is 4.44. The Morgan fingerprint density at radius 2 is 2.25 bits per heavy atom. The van der Waals surface area contributed by atoms with Crippen molar-refractivity contribution in [1.29, 1.82) is 0 Å². The highest BCUT2D eigenvalue weighted by molar-refractivity contribution is 7.10. The quantitative estimate of drug-likeness (QED) is 0.410. The van der Waals surface area contributed by atoms with Gasteiger partial charge in [0.25, 0.3) is 0 Å². The van der Waals surface area contributed by atoms with Gasteiger partial charge < -0.3 is 20.5 Å². The number of likely N-dealkylation sites (tertiary alicyclic amines) is 1. The van der Waals surface area contributed by atoms with Crippen LogP contribution in [0.2, 0.25) is 0 Å². The smallest absolute Gasteiger partial charge is 0.191 e. The zero-order chi connectivity index (χ0) is 19.8. The van der Waals surface area contributed by atoms with E-state index in [1.165, 1.54) is 30.6 Å². The van der Waals surface area contributed by atoms with Crippen LogP contribution in [0.5, 0.6) is 0 Å². The number of guanidine groups is 1. The third-order valence-corrected chi connectivity index (χ3v) is 6.48. The molecular formula is C21H36N4O2S. The molecule has 2 heterocycles. The van der Waals surface area contributed by atoms with E-state index >= 15 is 0 Å². The summed E-state index contributed by atoms with van der Waals surface area (Å²) in [7, 11) is 2.23. The molecule has 2 aliphatic rings. The van der Waals surface area contributed by atoms with Crippen LogP contribution in [0.25, 0.3) is 0 Å². The van der Waals surface area contributed by atoms with Crippen molar-refractivity contribution in [3.63, 3.8) is 0 Å². The van der Waals surface area contributed by atoms with Crippen LogP contribution in [0.4, 0.5) is 0 Å². The van der Waals surface area contributed by atoms with Gasteiger partial charge in [-0.3, -0.25) is 9.89 Å². The second kappa shape index (κ2) is 11.1. The van der Waals surface area contributed by atoms with E-state index in [1.54, 1.807) is 0 Å². The SMILES string of the molecule is CCNC(=NCC(O)COCC1CC1)NCC1CCCN(C)C1c1cccs1. The number of piperidine rings is 1. The summed E-state index contributed by atoms with van der Waals surface area (Å²) in [4.78, 5) is 8.49. The molecule has 3 unspecified atom stereocenters. The number of hydrogen-bond acceptors (Lipinski definition) is 5. The summed E-state index contributed by atoms with van der Waals surface area (Å²) in [5.74, 6) is 2.05. The van der Waals surface area contributed by atoms with Crippen LogP contribution in [0.3, 0.4) is 0 Å². The largest absolute Gasteiger partial charge is 0.389 e. The van der Waals surface area contributed by atoms with Crippen LogP contribution in [0.15, 0.2) is 22.5 Å². The maximum atomic E-state index is 10.1. The molecule has 1 aromatic heterocycles. The van der Waals surface area contributed by atoms with Crippen molar-refractivity contribution in [1.82, 2.24) is 15.5 Å². The summed E-state index contributed by atoms with van der Waals surface area (Å²) >= 11 is 1.85. The van der Waals surface area contributed by atoms with Gasteiger partial charge in [-0.2, -0.15) is 0 Å². The minimum atomic E-state index is -0.547. The number of rotatable bonds is 10. The Kier molecular flexibility index (Phi) is 8.58. The number of aliphatic hydroxyl groups excluding tert-OH is 1. The van der Waals surface area contributed by atoms with E-state index in [4.69, 9.17) is 4.74 Å². The minimum Gasteiger partial charge on any atom is -0.389 e. The van der Waals surface area contributed by atoms with E-state index in [9.17, 15) is 5.11 Å². The first-order valence-corrected chi connectivity index (χ1v) is 11.6. The van der Waals surface area contributed by atoms with Gasteiger partial charge in [-0.1, -0.05) is 6.07 Å². The van der Waals surface area contributed by atoms with Gasteiger partial charge in [0.2, 0.25) is 0 Å². The van der Waals surface area contributed by atoms with Gasteiger partial charge in [0.15, 0.2) is 5.96 Å². The molecule has 3 N–H and O–H groups in total. The third kappa shape index (κ3) is 6.72. The molecule has 1 aliphatic heterocycles.